The van der Waals surface area contributed by atoms with Crippen LogP contribution in [0, 0.1) is 3.57 Å². The average molecular weight is 367 g/mol. The summed E-state index contributed by atoms with van der Waals surface area (Å²) in [7, 11) is 0. The van der Waals surface area contributed by atoms with Crippen molar-refractivity contribution >= 4 is 45.8 Å². The third-order valence-electron chi connectivity index (χ3n) is 2.12. The van der Waals surface area contributed by atoms with Crippen LogP contribution in [0.4, 0.5) is 5.69 Å². The van der Waals surface area contributed by atoms with Gasteiger partial charge in [-0.1, -0.05) is 11.6 Å². The van der Waals surface area contributed by atoms with Gasteiger partial charge in [0.05, 0.1) is 10.7 Å². The highest BCUT2D eigenvalue weighted by molar-refractivity contribution is 14.1. The van der Waals surface area contributed by atoms with Gasteiger partial charge in [-0.2, -0.15) is 0 Å². The summed E-state index contributed by atoms with van der Waals surface area (Å²) in [5.41, 5.74) is 0.782. The van der Waals surface area contributed by atoms with Crippen LogP contribution in [-0.4, -0.2) is 18.0 Å². The summed E-state index contributed by atoms with van der Waals surface area (Å²) in [4.78, 5) is 11.7. The van der Waals surface area contributed by atoms with E-state index in [1.54, 1.807) is 0 Å². The van der Waals surface area contributed by atoms with E-state index in [0.717, 1.165) is 9.26 Å². The van der Waals surface area contributed by atoms with Crippen molar-refractivity contribution in [3.05, 3.63) is 26.8 Å². The molecule has 1 rings (SSSR count). The van der Waals surface area contributed by atoms with Gasteiger partial charge in [0.2, 0.25) is 5.91 Å². The Labute approximate surface area is 120 Å². The number of benzene rings is 1. The first-order valence-corrected chi connectivity index (χ1v) is 6.87. The van der Waals surface area contributed by atoms with Crippen LogP contribution in [-0.2, 0) is 4.79 Å². The summed E-state index contributed by atoms with van der Waals surface area (Å²) in [6.07, 6.45) is 0. The topological polar surface area (TPSA) is 41.1 Å². The van der Waals surface area contributed by atoms with Crippen molar-refractivity contribution in [3.8, 4) is 0 Å². The number of nitrogens with one attached hydrogen (secondary N) is 2. The van der Waals surface area contributed by atoms with E-state index in [4.69, 9.17) is 11.6 Å². The van der Waals surface area contributed by atoms with Crippen LogP contribution in [0.1, 0.15) is 20.8 Å². The molecule has 0 saturated heterocycles. The quantitative estimate of drug-likeness (QED) is 0.803. The highest BCUT2D eigenvalue weighted by Gasteiger charge is 2.14. The minimum atomic E-state index is -0.312. The highest BCUT2D eigenvalue weighted by atomic mass is 127. The zero-order chi connectivity index (χ0) is 13.0. The second-order valence-electron chi connectivity index (χ2n) is 4.15. The van der Waals surface area contributed by atoms with Crippen LogP contribution in [0.15, 0.2) is 18.2 Å². The fourth-order valence-corrected chi connectivity index (χ4v) is 1.98. The lowest BCUT2D eigenvalue weighted by atomic mass is 10.2. The van der Waals surface area contributed by atoms with Gasteiger partial charge in [-0.25, -0.2) is 0 Å². The molecule has 0 bridgehead atoms. The number of anilines is 1. The van der Waals surface area contributed by atoms with Gasteiger partial charge in [-0.05, 0) is 61.6 Å². The molecule has 0 radical (unpaired) electrons. The Morgan fingerprint density at radius 3 is 2.59 bits per heavy atom. The molecule has 1 unspecified atom stereocenters. The molecule has 1 aromatic rings. The molecule has 0 aliphatic rings. The monoisotopic (exact) mass is 366 g/mol. The summed E-state index contributed by atoms with van der Waals surface area (Å²) in [5.74, 6) is -0.0325. The maximum atomic E-state index is 11.7. The molecule has 5 heteroatoms. The van der Waals surface area contributed by atoms with E-state index in [-0.39, 0.29) is 18.0 Å². The van der Waals surface area contributed by atoms with Crippen molar-refractivity contribution < 1.29 is 4.79 Å². The molecule has 0 fully saturated rings. The molecule has 1 aromatic carbocycles. The Bertz CT molecular complexity index is 409. The Hall–Kier alpha value is -0.490. The molecule has 0 aliphatic carbocycles. The van der Waals surface area contributed by atoms with Crippen LogP contribution >= 0.6 is 34.2 Å². The zero-order valence-electron chi connectivity index (χ0n) is 10.1. The number of amides is 1. The SMILES string of the molecule is CC(C)NC(=O)C(C)Nc1cc(I)ccc1Cl. The van der Waals surface area contributed by atoms with E-state index in [9.17, 15) is 4.79 Å². The Balaban J connectivity index is 2.70. The third-order valence-corrected chi connectivity index (χ3v) is 3.13. The molecule has 0 aliphatic heterocycles. The maximum absolute atomic E-state index is 11.7. The fourth-order valence-electron chi connectivity index (χ4n) is 1.32. The van der Waals surface area contributed by atoms with Gasteiger partial charge in [0.15, 0.2) is 0 Å². The first-order valence-electron chi connectivity index (χ1n) is 5.42. The van der Waals surface area contributed by atoms with Crippen LogP contribution in [0.25, 0.3) is 0 Å². The minimum Gasteiger partial charge on any atom is -0.373 e. The van der Waals surface area contributed by atoms with Gasteiger partial charge in [-0.15, -0.1) is 0 Å². The van der Waals surface area contributed by atoms with Crippen molar-refractivity contribution in [1.82, 2.24) is 5.32 Å². The lowest BCUT2D eigenvalue weighted by Gasteiger charge is -2.18. The molecule has 0 saturated carbocycles. The van der Waals surface area contributed by atoms with Gasteiger partial charge >= 0.3 is 0 Å². The number of rotatable bonds is 4. The first kappa shape index (κ1) is 14.6. The molecule has 1 atom stereocenters. The summed E-state index contributed by atoms with van der Waals surface area (Å²) in [6.45, 7) is 5.68. The van der Waals surface area contributed by atoms with Crippen molar-refractivity contribution in [1.29, 1.82) is 0 Å². The van der Waals surface area contributed by atoms with Crippen molar-refractivity contribution in [3.63, 3.8) is 0 Å². The second kappa shape index (κ2) is 6.44. The lowest BCUT2D eigenvalue weighted by molar-refractivity contribution is -0.122. The molecule has 0 heterocycles. The van der Waals surface area contributed by atoms with Gasteiger partial charge in [-0.3, -0.25) is 4.79 Å². The predicted octanol–water partition coefficient (Wildman–Crippen LogP) is 3.27. The summed E-state index contributed by atoms with van der Waals surface area (Å²) >= 11 is 8.26. The van der Waals surface area contributed by atoms with E-state index in [1.165, 1.54) is 0 Å². The summed E-state index contributed by atoms with van der Waals surface area (Å²) in [5, 5.41) is 6.58. The van der Waals surface area contributed by atoms with Gasteiger partial charge in [0, 0.05) is 9.61 Å². The van der Waals surface area contributed by atoms with Gasteiger partial charge in [0.25, 0.3) is 0 Å². The molecule has 94 valence electrons. The molecular formula is C12H16ClIN2O. The van der Waals surface area contributed by atoms with Crippen molar-refractivity contribution in [2.24, 2.45) is 0 Å². The zero-order valence-corrected chi connectivity index (χ0v) is 13.0. The Kier molecular flexibility index (Phi) is 5.52. The Morgan fingerprint density at radius 1 is 1.35 bits per heavy atom. The number of hydrogen-bond donors (Lipinski definition) is 2. The van der Waals surface area contributed by atoms with E-state index >= 15 is 0 Å². The number of halogens is 2. The van der Waals surface area contributed by atoms with E-state index < -0.39 is 0 Å². The highest BCUT2D eigenvalue weighted by Crippen LogP contribution is 2.24. The summed E-state index contributed by atoms with van der Waals surface area (Å²) < 4.78 is 1.07. The van der Waals surface area contributed by atoms with Crippen molar-refractivity contribution in [2.75, 3.05) is 5.32 Å². The summed E-state index contributed by atoms with van der Waals surface area (Å²) in [6, 6.07) is 5.49. The molecule has 2 N–H and O–H groups in total. The van der Waals surface area contributed by atoms with Crippen LogP contribution < -0.4 is 10.6 Å². The van der Waals surface area contributed by atoms with Gasteiger partial charge < -0.3 is 10.6 Å². The van der Waals surface area contributed by atoms with E-state index in [1.807, 2.05) is 39.0 Å². The van der Waals surface area contributed by atoms with E-state index in [2.05, 4.69) is 33.2 Å². The van der Waals surface area contributed by atoms with Crippen molar-refractivity contribution in [2.45, 2.75) is 32.9 Å². The standard InChI is InChI=1S/C12H16ClIN2O/c1-7(2)15-12(17)8(3)16-11-6-9(14)4-5-10(11)13/h4-8,16H,1-3H3,(H,15,17). The predicted molar refractivity (Wildman–Crippen MR) is 80.5 cm³/mol. The Morgan fingerprint density at radius 2 is 2.00 bits per heavy atom. The average Bonchev–Trinajstić information content (AvgIpc) is 2.22. The third kappa shape index (κ3) is 4.71. The molecular weight excluding hydrogens is 351 g/mol. The van der Waals surface area contributed by atoms with Crippen LogP contribution in [0.3, 0.4) is 0 Å². The van der Waals surface area contributed by atoms with E-state index in [0.29, 0.717) is 5.02 Å². The smallest absolute Gasteiger partial charge is 0.242 e. The maximum Gasteiger partial charge on any atom is 0.242 e. The second-order valence-corrected chi connectivity index (χ2v) is 5.81. The molecule has 0 aromatic heterocycles. The van der Waals surface area contributed by atoms with Gasteiger partial charge in [0.1, 0.15) is 6.04 Å². The number of carbonyl (C=O) groups is 1. The first-order chi connectivity index (χ1) is 7.90. The minimum absolute atomic E-state index is 0.0325. The molecule has 1 amide bonds. The van der Waals surface area contributed by atoms with Crippen LogP contribution in [0.2, 0.25) is 5.02 Å². The lowest BCUT2D eigenvalue weighted by Crippen LogP contribution is -2.41. The fraction of sp³-hybridized carbons (Fsp3) is 0.417. The normalized spacial score (nSPS) is 12.4. The molecule has 3 nitrogen and oxygen atoms in total. The molecule has 17 heavy (non-hydrogen) atoms. The van der Waals surface area contributed by atoms with Crippen LogP contribution in [0.5, 0.6) is 0 Å². The number of hydrogen-bond acceptors (Lipinski definition) is 2. The largest absolute Gasteiger partial charge is 0.373 e. The molecule has 0 spiro atoms. The number of carbonyl (C=O) groups excluding carboxylic acids is 1.